The smallest absolute Gasteiger partial charge is 0.375 e. The zero-order valence-corrected chi connectivity index (χ0v) is 7.65. The molecule has 72 valence electrons. The highest BCUT2D eigenvalue weighted by atomic mass is 16.5. The van der Waals surface area contributed by atoms with Gasteiger partial charge in [-0.3, -0.25) is 0 Å². The Morgan fingerprint density at radius 1 is 1.69 bits per heavy atom. The number of aromatic carboxylic acids is 1. The first-order chi connectivity index (χ1) is 6.11. The molecule has 1 N–H and O–H groups in total. The lowest BCUT2D eigenvalue weighted by molar-refractivity contribution is 0.0650. The Balaban J connectivity index is 2.65. The highest BCUT2D eigenvalue weighted by Gasteiger charge is 2.14. The van der Waals surface area contributed by atoms with Gasteiger partial charge in [0.25, 0.3) is 0 Å². The SMILES string of the molecule is CN(C)CCc1cnoc1C(=O)O. The van der Waals surface area contributed by atoms with Crippen LogP contribution in [0.25, 0.3) is 0 Å². The van der Waals surface area contributed by atoms with E-state index in [0.717, 1.165) is 6.54 Å². The zero-order valence-electron chi connectivity index (χ0n) is 7.65. The first kappa shape index (κ1) is 9.73. The molecule has 0 amide bonds. The molecule has 0 unspecified atom stereocenters. The summed E-state index contributed by atoms with van der Waals surface area (Å²) in [5.74, 6) is -1.12. The Hall–Kier alpha value is -1.36. The van der Waals surface area contributed by atoms with Crippen LogP contribution in [0.5, 0.6) is 0 Å². The Morgan fingerprint density at radius 2 is 2.38 bits per heavy atom. The van der Waals surface area contributed by atoms with Gasteiger partial charge < -0.3 is 14.5 Å². The second-order valence-corrected chi connectivity index (χ2v) is 3.04. The Kier molecular flexibility index (Phi) is 3.02. The van der Waals surface area contributed by atoms with Crippen LogP contribution in [0.3, 0.4) is 0 Å². The van der Waals surface area contributed by atoms with Gasteiger partial charge in [0.2, 0.25) is 5.76 Å². The number of aromatic nitrogens is 1. The highest BCUT2D eigenvalue weighted by Crippen LogP contribution is 2.08. The van der Waals surface area contributed by atoms with Crippen LogP contribution < -0.4 is 0 Å². The summed E-state index contributed by atoms with van der Waals surface area (Å²) in [5, 5.41) is 12.1. The third-order valence-corrected chi connectivity index (χ3v) is 1.67. The number of carbonyl (C=O) groups is 1. The van der Waals surface area contributed by atoms with Crippen molar-refractivity contribution in [2.24, 2.45) is 0 Å². The largest absolute Gasteiger partial charge is 0.475 e. The van der Waals surface area contributed by atoms with E-state index >= 15 is 0 Å². The van der Waals surface area contributed by atoms with E-state index in [2.05, 4.69) is 9.68 Å². The molecule has 1 aromatic rings. The van der Waals surface area contributed by atoms with Crippen LogP contribution >= 0.6 is 0 Å². The maximum atomic E-state index is 10.6. The van der Waals surface area contributed by atoms with E-state index in [4.69, 9.17) is 5.11 Å². The van der Waals surface area contributed by atoms with Crippen molar-refractivity contribution >= 4 is 5.97 Å². The number of hydrogen-bond acceptors (Lipinski definition) is 4. The molecule has 5 heteroatoms. The van der Waals surface area contributed by atoms with Crippen LogP contribution in [0.15, 0.2) is 10.7 Å². The lowest BCUT2D eigenvalue weighted by Crippen LogP contribution is -2.15. The van der Waals surface area contributed by atoms with Gasteiger partial charge in [-0.05, 0) is 20.5 Å². The van der Waals surface area contributed by atoms with E-state index in [1.165, 1.54) is 6.20 Å². The summed E-state index contributed by atoms with van der Waals surface area (Å²) in [4.78, 5) is 12.6. The molecule has 0 aliphatic rings. The third kappa shape index (κ3) is 2.55. The van der Waals surface area contributed by atoms with Crippen molar-refractivity contribution < 1.29 is 14.4 Å². The monoisotopic (exact) mass is 184 g/mol. The first-order valence-electron chi connectivity index (χ1n) is 3.93. The molecule has 1 heterocycles. The Labute approximate surface area is 75.9 Å². The van der Waals surface area contributed by atoms with Gasteiger partial charge >= 0.3 is 5.97 Å². The average Bonchev–Trinajstić information content (AvgIpc) is 2.47. The van der Waals surface area contributed by atoms with Crippen LogP contribution in [0, 0.1) is 0 Å². The molecular weight excluding hydrogens is 172 g/mol. The predicted octanol–water partition coefficient (Wildman–Crippen LogP) is 0.477. The van der Waals surface area contributed by atoms with E-state index in [1.807, 2.05) is 19.0 Å². The molecule has 5 nitrogen and oxygen atoms in total. The van der Waals surface area contributed by atoms with Gasteiger partial charge in [-0.25, -0.2) is 4.79 Å². The number of hydrogen-bond donors (Lipinski definition) is 1. The first-order valence-corrected chi connectivity index (χ1v) is 3.93. The van der Waals surface area contributed by atoms with Crippen molar-refractivity contribution in [2.75, 3.05) is 20.6 Å². The Morgan fingerprint density at radius 3 is 2.92 bits per heavy atom. The van der Waals surface area contributed by atoms with Crippen LogP contribution in [0.1, 0.15) is 16.1 Å². The fourth-order valence-corrected chi connectivity index (χ4v) is 0.958. The molecule has 0 radical (unpaired) electrons. The molecule has 0 aliphatic heterocycles. The lowest BCUT2D eigenvalue weighted by Gasteiger charge is -2.07. The van der Waals surface area contributed by atoms with Crippen LogP contribution in [0.4, 0.5) is 0 Å². The molecule has 0 aromatic carbocycles. The van der Waals surface area contributed by atoms with Crippen molar-refractivity contribution in [3.8, 4) is 0 Å². The summed E-state index contributed by atoms with van der Waals surface area (Å²) in [6.45, 7) is 0.779. The fourth-order valence-electron chi connectivity index (χ4n) is 0.958. The number of carboxylic acids is 1. The van der Waals surface area contributed by atoms with E-state index in [9.17, 15) is 4.79 Å². The molecule has 0 aliphatic carbocycles. The van der Waals surface area contributed by atoms with Gasteiger partial charge in [0.15, 0.2) is 0 Å². The van der Waals surface area contributed by atoms with Crippen LogP contribution in [-0.2, 0) is 6.42 Å². The molecule has 0 spiro atoms. The summed E-state index contributed by atoms with van der Waals surface area (Å²) in [6.07, 6.45) is 2.09. The fraction of sp³-hybridized carbons (Fsp3) is 0.500. The van der Waals surface area contributed by atoms with Gasteiger partial charge in [-0.1, -0.05) is 5.16 Å². The van der Waals surface area contributed by atoms with Gasteiger partial charge in [0.1, 0.15) is 0 Å². The molecule has 0 bridgehead atoms. The van der Waals surface area contributed by atoms with Gasteiger partial charge in [0, 0.05) is 12.1 Å². The lowest BCUT2D eigenvalue weighted by atomic mass is 10.2. The maximum Gasteiger partial charge on any atom is 0.375 e. The second kappa shape index (κ2) is 4.04. The van der Waals surface area contributed by atoms with E-state index in [1.54, 1.807) is 0 Å². The standard InChI is InChI=1S/C8H12N2O3/c1-10(2)4-3-6-5-9-13-7(6)8(11)12/h5H,3-4H2,1-2H3,(H,11,12). The quantitative estimate of drug-likeness (QED) is 0.737. The number of carboxylic acid groups (broad SMARTS) is 1. The number of likely N-dealkylation sites (N-methyl/N-ethyl adjacent to an activating group) is 1. The minimum atomic E-state index is -1.06. The minimum absolute atomic E-state index is 0.0538. The van der Waals surface area contributed by atoms with Crippen molar-refractivity contribution in [3.05, 3.63) is 17.5 Å². The molecule has 0 saturated heterocycles. The molecule has 0 saturated carbocycles. The van der Waals surface area contributed by atoms with Crippen LogP contribution in [-0.4, -0.2) is 41.8 Å². The molecule has 0 atom stereocenters. The van der Waals surface area contributed by atoms with Gasteiger partial charge in [0.05, 0.1) is 6.20 Å². The molecule has 0 fully saturated rings. The van der Waals surface area contributed by atoms with Gasteiger partial charge in [-0.15, -0.1) is 0 Å². The number of nitrogens with zero attached hydrogens (tertiary/aromatic N) is 2. The average molecular weight is 184 g/mol. The summed E-state index contributed by atoms with van der Waals surface area (Å²) < 4.78 is 4.59. The Bertz CT molecular complexity index is 293. The summed E-state index contributed by atoms with van der Waals surface area (Å²) in [7, 11) is 3.85. The predicted molar refractivity (Wildman–Crippen MR) is 45.7 cm³/mol. The minimum Gasteiger partial charge on any atom is -0.475 e. The van der Waals surface area contributed by atoms with Crippen molar-refractivity contribution in [1.82, 2.24) is 10.1 Å². The topological polar surface area (TPSA) is 66.6 Å². The summed E-state index contributed by atoms with van der Waals surface area (Å²) in [5.41, 5.74) is 0.640. The van der Waals surface area contributed by atoms with Crippen molar-refractivity contribution in [1.29, 1.82) is 0 Å². The molecular formula is C8H12N2O3. The van der Waals surface area contributed by atoms with Crippen molar-refractivity contribution in [3.63, 3.8) is 0 Å². The molecule has 1 rings (SSSR count). The third-order valence-electron chi connectivity index (χ3n) is 1.67. The summed E-state index contributed by atoms with van der Waals surface area (Å²) in [6, 6.07) is 0. The zero-order chi connectivity index (χ0) is 9.84. The molecule has 1 aromatic heterocycles. The summed E-state index contributed by atoms with van der Waals surface area (Å²) >= 11 is 0. The second-order valence-electron chi connectivity index (χ2n) is 3.04. The van der Waals surface area contributed by atoms with E-state index < -0.39 is 5.97 Å². The maximum absolute atomic E-state index is 10.6. The number of rotatable bonds is 4. The highest BCUT2D eigenvalue weighted by molar-refractivity contribution is 5.85. The van der Waals surface area contributed by atoms with Crippen LogP contribution in [0.2, 0.25) is 0 Å². The normalized spacial score (nSPS) is 10.7. The molecule has 13 heavy (non-hydrogen) atoms. The van der Waals surface area contributed by atoms with Gasteiger partial charge in [-0.2, -0.15) is 0 Å². The van der Waals surface area contributed by atoms with E-state index in [0.29, 0.717) is 12.0 Å². The van der Waals surface area contributed by atoms with Crippen molar-refractivity contribution in [2.45, 2.75) is 6.42 Å². The van der Waals surface area contributed by atoms with E-state index in [-0.39, 0.29) is 5.76 Å².